The first-order valence-electron chi connectivity index (χ1n) is 11.6. The first kappa shape index (κ1) is 23.8. The van der Waals surface area contributed by atoms with Crippen LogP contribution in [0.15, 0.2) is 78.0 Å². The normalized spacial score (nSPS) is 14.4. The summed E-state index contributed by atoms with van der Waals surface area (Å²) in [6.07, 6.45) is 5.55. The number of fused-ring (bicyclic) bond motifs is 1. The number of aryl methyl sites for hydroxylation is 1. The second-order valence-electron chi connectivity index (χ2n) is 8.71. The lowest BCUT2D eigenvalue weighted by Gasteiger charge is -2.09. The van der Waals surface area contributed by atoms with Crippen LogP contribution in [-0.2, 0) is 18.3 Å². The fraction of sp³-hybridized carbons (Fsp3) is 0.143. The Kier molecular flexibility index (Phi) is 6.42. The third-order valence-electron chi connectivity index (χ3n) is 6.17. The second-order valence-corrected chi connectivity index (χ2v) is 8.71. The van der Waals surface area contributed by atoms with Crippen molar-refractivity contribution < 1.29 is 19.4 Å². The van der Waals surface area contributed by atoms with Gasteiger partial charge in [-0.3, -0.25) is 14.6 Å². The first-order valence-corrected chi connectivity index (χ1v) is 11.6. The van der Waals surface area contributed by atoms with E-state index in [9.17, 15) is 14.7 Å². The minimum Gasteiger partial charge on any atom is -0.504 e. The Morgan fingerprint density at radius 3 is 2.65 bits per heavy atom. The van der Waals surface area contributed by atoms with Gasteiger partial charge >= 0.3 is 0 Å². The van der Waals surface area contributed by atoms with Crippen LogP contribution in [0.2, 0.25) is 0 Å². The summed E-state index contributed by atoms with van der Waals surface area (Å²) in [6, 6.07) is 18.3. The topological polar surface area (TPSA) is 118 Å². The highest BCUT2D eigenvalue weighted by Gasteiger charge is 2.29. The van der Waals surface area contributed by atoms with E-state index in [1.165, 1.54) is 13.2 Å². The quantitative estimate of drug-likeness (QED) is 0.328. The molecular weight excluding hydrogens is 470 g/mol. The van der Waals surface area contributed by atoms with Gasteiger partial charge in [-0.1, -0.05) is 24.3 Å². The Morgan fingerprint density at radius 2 is 1.95 bits per heavy atom. The molecule has 3 aromatic carbocycles. The number of nitrogens with one attached hydrogen (secondary N) is 2. The summed E-state index contributed by atoms with van der Waals surface area (Å²) in [6.45, 7) is 0. The van der Waals surface area contributed by atoms with E-state index in [4.69, 9.17) is 4.74 Å². The number of ether oxygens (including phenoxy) is 1. The molecule has 1 aromatic heterocycles. The van der Waals surface area contributed by atoms with Gasteiger partial charge in [0.15, 0.2) is 17.3 Å². The number of phenols is 1. The lowest BCUT2D eigenvalue weighted by atomic mass is 9.96. The number of hydrogen-bond donors (Lipinski definition) is 3. The number of hydrogen-bond acceptors (Lipinski definition) is 6. The van der Waals surface area contributed by atoms with E-state index < -0.39 is 5.92 Å². The number of rotatable bonds is 7. The van der Waals surface area contributed by atoms with Crippen LogP contribution in [0, 0.1) is 0 Å². The maximum atomic E-state index is 12.6. The number of anilines is 2. The number of aliphatic imine (C=N–C) groups is 1. The van der Waals surface area contributed by atoms with E-state index in [0.717, 1.165) is 22.4 Å². The van der Waals surface area contributed by atoms with Crippen molar-refractivity contribution in [3.63, 3.8) is 0 Å². The Bertz CT molecular complexity index is 1510. The molecule has 0 bridgehead atoms. The van der Waals surface area contributed by atoms with Crippen molar-refractivity contribution in [2.75, 3.05) is 17.7 Å². The number of phenolic OH excluding ortho intramolecular Hbond substituents is 1. The Balaban J connectivity index is 1.29. The van der Waals surface area contributed by atoms with Crippen LogP contribution in [0.5, 0.6) is 11.5 Å². The number of aromatic nitrogens is 2. The van der Waals surface area contributed by atoms with Crippen molar-refractivity contribution in [3.05, 3.63) is 95.6 Å². The fourth-order valence-electron chi connectivity index (χ4n) is 4.23. The third kappa shape index (κ3) is 5.06. The SMILES string of the molecule is COc1ccc(N=CC2C(=O)Nc3ccc(Cc4ccc(NC(=O)c5nccn5C)cc4)cc32)cc1O. The molecule has 1 atom stereocenters. The van der Waals surface area contributed by atoms with Crippen LogP contribution in [0.1, 0.15) is 33.2 Å². The van der Waals surface area contributed by atoms with Crippen molar-refractivity contribution >= 4 is 35.1 Å². The molecule has 1 aliphatic heterocycles. The Hall–Kier alpha value is -4.92. The predicted molar refractivity (Wildman–Crippen MR) is 141 cm³/mol. The lowest BCUT2D eigenvalue weighted by molar-refractivity contribution is -0.115. The van der Waals surface area contributed by atoms with Crippen molar-refractivity contribution in [2.24, 2.45) is 12.0 Å². The summed E-state index contributed by atoms with van der Waals surface area (Å²) >= 11 is 0. The van der Waals surface area contributed by atoms with Gasteiger partial charge < -0.3 is 25.0 Å². The Labute approximate surface area is 213 Å². The van der Waals surface area contributed by atoms with Crippen LogP contribution >= 0.6 is 0 Å². The number of methoxy groups -OCH3 is 1. The van der Waals surface area contributed by atoms with Gasteiger partial charge in [0.05, 0.1) is 12.8 Å². The molecular formula is C28H25N5O4. The molecule has 37 heavy (non-hydrogen) atoms. The summed E-state index contributed by atoms with van der Waals surface area (Å²) in [5.41, 5.74) is 4.91. The van der Waals surface area contributed by atoms with Crippen molar-refractivity contribution in [3.8, 4) is 11.5 Å². The average Bonchev–Trinajstić information content (AvgIpc) is 3.46. The standard InChI is InChI=1S/C28H25N5O4/c1-33-12-11-29-26(33)28(36)31-19-6-3-17(4-7-19)13-18-5-9-23-21(14-18)22(27(35)32-23)16-30-20-8-10-25(37-2)24(34)15-20/h3-12,14-16,22,34H,13H2,1-2H3,(H,31,36)(H,32,35). The molecule has 0 saturated heterocycles. The zero-order valence-electron chi connectivity index (χ0n) is 20.3. The molecule has 2 heterocycles. The molecule has 1 aliphatic rings. The molecule has 0 saturated carbocycles. The number of aromatic hydroxyl groups is 1. The zero-order valence-corrected chi connectivity index (χ0v) is 20.3. The van der Waals surface area contributed by atoms with Crippen LogP contribution in [-0.4, -0.2) is 39.8 Å². The van der Waals surface area contributed by atoms with E-state index in [1.54, 1.807) is 42.4 Å². The monoisotopic (exact) mass is 495 g/mol. The lowest BCUT2D eigenvalue weighted by Crippen LogP contribution is -2.16. The molecule has 2 amide bonds. The fourth-order valence-corrected chi connectivity index (χ4v) is 4.23. The highest BCUT2D eigenvalue weighted by molar-refractivity contribution is 6.12. The summed E-state index contributed by atoms with van der Waals surface area (Å²) in [4.78, 5) is 33.4. The van der Waals surface area contributed by atoms with Gasteiger partial charge in [-0.05, 0) is 53.4 Å². The van der Waals surface area contributed by atoms with Gasteiger partial charge in [-0.2, -0.15) is 0 Å². The molecule has 9 nitrogen and oxygen atoms in total. The van der Waals surface area contributed by atoms with E-state index in [0.29, 0.717) is 29.4 Å². The molecule has 4 aromatic rings. The highest BCUT2D eigenvalue weighted by atomic mass is 16.5. The number of benzene rings is 3. The molecule has 0 fully saturated rings. The summed E-state index contributed by atoms with van der Waals surface area (Å²) in [5, 5.41) is 15.7. The first-order chi connectivity index (χ1) is 17.9. The minimum atomic E-state index is -0.539. The van der Waals surface area contributed by atoms with Gasteiger partial charge in [0.25, 0.3) is 5.91 Å². The summed E-state index contributed by atoms with van der Waals surface area (Å²) < 4.78 is 6.72. The van der Waals surface area contributed by atoms with Crippen molar-refractivity contribution in [2.45, 2.75) is 12.3 Å². The van der Waals surface area contributed by atoms with Crippen LogP contribution in [0.3, 0.4) is 0 Å². The number of nitrogens with zero attached hydrogens (tertiary/aromatic N) is 3. The van der Waals surface area contributed by atoms with Crippen molar-refractivity contribution in [1.82, 2.24) is 9.55 Å². The summed E-state index contributed by atoms with van der Waals surface area (Å²) in [7, 11) is 3.25. The van der Waals surface area contributed by atoms with E-state index in [1.807, 2.05) is 42.5 Å². The molecule has 9 heteroatoms. The molecule has 1 unspecified atom stereocenters. The number of carbonyl (C=O) groups is 2. The molecule has 0 spiro atoms. The minimum absolute atomic E-state index is 0.0158. The maximum absolute atomic E-state index is 12.6. The van der Waals surface area contributed by atoms with Gasteiger partial charge in [-0.25, -0.2) is 4.98 Å². The van der Waals surface area contributed by atoms with Gasteiger partial charge in [0, 0.05) is 43.1 Å². The third-order valence-corrected chi connectivity index (χ3v) is 6.17. The van der Waals surface area contributed by atoms with Crippen LogP contribution < -0.4 is 15.4 Å². The number of imidazole rings is 1. The second kappa shape index (κ2) is 9.98. The smallest absolute Gasteiger partial charge is 0.291 e. The molecule has 186 valence electrons. The Morgan fingerprint density at radius 1 is 1.16 bits per heavy atom. The van der Waals surface area contributed by atoms with Crippen LogP contribution in [0.4, 0.5) is 17.1 Å². The molecule has 0 radical (unpaired) electrons. The maximum Gasteiger partial charge on any atom is 0.291 e. The predicted octanol–water partition coefficient (Wildman–Crippen LogP) is 4.42. The van der Waals surface area contributed by atoms with E-state index in [2.05, 4.69) is 20.6 Å². The van der Waals surface area contributed by atoms with Crippen LogP contribution in [0.25, 0.3) is 0 Å². The zero-order chi connectivity index (χ0) is 25.9. The average molecular weight is 496 g/mol. The van der Waals surface area contributed by atoms with E-state index >= 15 is 0 Å². The van der Waals surface area contributed by atoms with Gasteiger partial charge in [0.2, 0.25) is 5.91 Å². The van der Waals surface area contributed by atoms with Gasteiger partial charge in [0.1, 0.15) is 5.92 Å². The van der Waals surface area contributed by atoms with Gasteiger partial charge in [-0.15, -0.1) is 0 Å². The van der Waals surface area contributed by atoms with E-state index in [-0.39, 0.29) is 17.6 Å². The molecule has 5 rings (SSSR count). The number of carbonyl (C=O) groups excluding carboxylic acids is 2. The molecule has 0 aliphatic carbocycles. The molecule has 3 N–H and O–H groups in total. The number of amides is 2. The highest BCUT2D eigenvalue weighted by Crippen LogP contribution is 2.34. The van der Waals surface area contributed by atoms with Crippen molar-refractivity contribution in [1.29, 1.82) is 0 Å². The summed E-state index contributed by atoms with van der Waals surface area (Å²) in [5.74, 6) is -0.279. The largest absolute Gasteiger partial charge is 0.504 e.